The Labute approximate surface area is 152 Å². The van der Waals surface area contributed by atoms with Gasteiger partial charge in [0.2, 0.25) is 0 Å². The van der Waals surface area contributed by atoms with Gasteiger partial charge in [-0.05, 0) is 29.8 Å². The lowest BCUT2D eigenvalue weighted by Gasteiger charge is -2.01. The quantitative estimate of drug-likeness (QED) is 0.526. The summed E-state index contributed by atoms with van der Waals surface area (Å²) in [6.45, 7) is 0. The Morgan fingerprint density at radius 2 is 1.96 bits per heavy atom. The molecule has 120 valence electrons. The topological polar surface area (TPSA) is 49.8 Å². The Bertz CT molecular complexity index is 937. The van der Waals surface area contributed by atoms with Gasteiger partial charge < -0.3 is 4.52 Å². The average Bonchev–Trinajstić information content (AvgIpc) is 2.99. The highest BCUT2D eigenvalue weighted by Gasteiger charge is 2.19. The number of halogens is 3. The number of aromatic nitrogens is 1. The van der Waals surface area contributed by atoms with E-state index in [1.165, 1.54) is 17.8 Å². The normalized spacial score (nSPS) is 10.6. The van der Waals surface area contributed by atoms with E-state index in [1.54, 1.807) is 36.4 Å². The molecule has 1 heterocycles. The zero-order chi connectivity index (χ0) is 17.1. The molecule has 7 heteroatoms. The number of nitriles is 1. The van der Waals surface area contributed by atoms with Crippen LogP contribution >= 0.6 is 35.0 Å². The molecule has 0 radical (unpaired) electrons. The Balaban J connectivity index is 1.88. The van der Waals surface area contributed by atoms with Crippen molar-refractivity contribution < 1.29 is 8.91 Å². The highest BCUT2D eigenvalue weighted by atomic mass is 35.5. The number of nitrogens with zero attached hydrogens (tertiary/aromatic N) is 2. The van der Waals surface area contributed by atoms with Crippen LogP contribution in [0.3, 0.4) is 0 Å². The van der Waals surface area contributed by atoms with Gasteiger partial charge in [-0.3, -0.25) is 0 Å². The number of benzene rings is 2. The summed E-state index contributed by atoms with van der Waals surface area (Å²) in [6.07, 6.45) is 0. The zero-order valence-electron chi connectivity index (χ0n) is 12.1. The number of hydrogen-bond donors (Lipinski definition) is 0. The summed E-state index contributed by atoms with van der Waals surface area (Å²) in [5, 5.41) is 14.5. The van der Waals surface area contributed by atoms with Crippen molar-refractivity contribution in [1.29, 1.82) is 5.26 Å². The van der Waals surface area contributed by atoms with Gasteiger partial charge in [-0.2, -0.15) is 5.26 Å². The minimum atomic E-state index is -0.295. The molecule has 3 nitrogen and oxygen atoms in total. The fraction of sp³-hybridized carbons (Fsp3) is 0.0588. The third-order valence-electron chi connectivity index (χ3n) is 3.28. The molecule has 2 aromatic carbocycles. The second-order valence-electron chi connectivity index (χ2n) is 4.81. The van der Waals surface area contributed by atoms with Crippen LogP contribution in [0.15, 0.2) is 52.0 Å². The lowest BCUT2D eigenvalue weighted by atomic mass is 10.1. The molecular weight excluding hydrogens is 370 g/mol. The molecule has 3 rings (SSSR count). The second-order valence-corrected chi connectivity index (χ2v) is 6.59. The van der Waals surface area contributed by atoms with Gasteiger partial charge >= 0.3 is 0 Å². The van der Waals surface area contributed by atoms with Crippen molar-refractivity contribution >= 4 is 35.0 Å². The van der Waals surface area contributed by atoms with Gasteiger partial charge in [-0.1, -0.05) is 58.3 Å². The van der Waals surface area contributed by atoms with Gasteiger partial charge in [-0.25, -0.2) is 4.39 Å². The van der Waals surface area contributed by atoms with Gasteiger partial charge in [0.05, 0.1) is 10.0 Å². The molecule has 0 unspecified atom stereocenters. The van der Waals surface area contributed by atoms with E-state index >= 15 is 0 Å². The lowest BCUT2D eigenvalue weighted by Crippen LogP contribution is -1.87. The molecular formula is C17H9Cl2FN2OS. The number of rotatable bonds is 4. The van der Waals surface area contributed by atoms with Crippen molar-refractivity contribution in [2.24, 2.45) is 0 Å². The Kier molecular flexibility index (Phi) is 5.10. The van der Waals surface area contributed by atoms with E-state index < -0.39 is 0 Å². The van der Waals surface area contributed by atoms with Crippen LogP contribution in [0.1, 0.15) is 11.1 Å². The Hall–Kier alpha value is -2.00. The molecule has 0 bridgehead atoms. The molecule has 0 saturated carbocycles. The van der Waals surface area contributed by atoms with Crippen molar-refractivity contribution in [3.05, 3.63) is 69.5 Å². The van der Waals surface area contributed by atoms with Crippen LogP contribution in [0.25, 0.3) is 11.3 Å². The maximum absolute atomic E-state index is 13.7. The fourth-order valence-electron chi connectivity index (χ4n) is 2.07. The van der Waals surface area contributed by atoms with E-state index in [-0.39, 0.29) is 11.4 Å². The predicted octanol–water partition coefficient (Wildman–Crippen LogP) is 5.95. The Morgan fingerprint density at radius 3 is 2.67 bits per heavy atom. The number of thioether (sulfide) groups is 1. The van der Waals surface area contributed by atoms with Crippen molar-refractivity contribution in [2.75, 3.05) is 0 Å². The van der Waals surface area contributed by atoms with Crippen molar-refractivity contribution in [3.8, 4) is 17.4 Å². The van der Waals surface area contributed by atoms with Crippen molar-refractivity contribution in [3.63, 3.8) is 0 Å². The Morgan fingerprint density at radius 1 is 1.17 bits per heavy atom. The minimum Gasteiger partial charge on any atom is -0.354 e. The van der Waals surface area contributed by atoms with Crippen LogP contribution in [0.4, 0.5) is 4.39 Å². The maximum atomic E-state index is 13.7. The maximum Gasteiger partial charge on any atom is 0.185 e. The fourth-order valence-corrected chi connectivity index (χ4v) is 3.27. The molecule has 24 heavy (non-hydrogen) atoms. The standard InChI is InChI=1S/C17H9Cl2FN2OS/c18-13-6-5-10(7-14(13)19)16-12(8-21)17(22-23-16)24-9-11-3-1-2-4-15(11)20/h1-7H,9H2. The molecule has 3 aromatic rings. The second kappa shape index (κ2) is 7.27. The van der Waals surface area contributed by atoms with Crippen LogP contribution in [0.2, 0.25) is 10.0 Å². The smallest absolute Gasteiger partial charge is 0.185 e. The van der Waals surface area contributed by atoms with Crippen LogP contribution < -0.4 is 0 Å². The lowest BCUT2D eigenvalue weighted by molar-refractivity contribution is 0.415. The van der Waals surface area contributed by atoms with E-state index in [2.05, 4.69) is 11.2 Å². The first-order valence-corrected chi connectivity index (χ1v) is 8.55. The average molecular weight is 379 g/mol. The van der Waals surface area contributed by atoms with E-state index in [1.807, 2.05) is 0 Å². The molecule has 0 saturated heterocycles. The summed E-state index contributed by atoms with van der Waals surface area (Å²) in [6, 6.07) is 13.5. The highest BCUT2D eigenvalue weighted by molar-refractivity contribution is 7.98. The molecule has 0 aliphatic carbocycles. The SMILES string of the molecule is N#Cc1c(SCc2ccccc2F)noc1-c1ccc(Cl)c(Cl)c1. The monoisotopic (exact) mass is 378 g/mol. The van der Waals surface area contributed by atoms with Gasteiger partial charge in [0, 0.05) is 11.3 Å². The highest BCUT2D eigenvalue weighted by Crippen LogP contribution is 2.35. The van der Waals surface area contributed by atoms with Gasteiger partial charge in [0.25, 0.3) is 0 Å². The third kappa shape index (κ3) is 3.41. The summed E-state index contributed by atoms with van der Waals surface area (Å²) in [5.41, 5.74) is 1.42. The van der Waals surface area contributed by atoms with Crippen LogP contribution in [0, 0.1) is 17.1 Å². The molecule has 0 aliphatic rings. The molecule has 0 N–H and O–H groups in total. The largest absolute Gasteiger partial charge is 0.354 e. The molecule has 0 atom stereocenters. The molecule has 0 amide bonds. The van der Waals surface area contributed by atoms with Crippen LogP contribution in [-0.2, 0) is 5.75 Å². The molecule has 0 aliphatic heterocycles. The summed E-state index contributed by atoms with van der Waals surface area (Å²) in [5.74, 6) is 0.359. The minimum absolute atomic E-state index is 0.287. The first-order chi connectivity index (χ1) is 11.6. The number of hydrogen-bond acceptors (Lipinski definition) is 4. The molecule has 0 spiro atoms. The van der Waals surface area contributed by atoms with E-state index in [0.717, 1.165) is 0 Å². The predicted molar refractivity (Wildman–Crippen MR) is 92.6 cm³/mol. The molecule has 1 aromatic heterocycles. The summed E-state index contributed by atoms with van der Waals surface area (Å²) in [4.78, 5) is 0. The first-order valence-electron chi connectivity index (χ1n) is 6.81. The first kappa shape index (κ1) is 16.8. The van der Waals surface area contributed by atoms with Crippen LogP contribution in [-0.4, -0.2) is 5.16 Å². The summed E-state index contributed by atoms with van der Waals surface area (Å²) >= 11 is 13.1. The van der Waals surface area contributed by atoms with E-state index in [9.17, 15) is 9.65 Å². The summed E-state index contributed by atoms with van der Waals surface area (Å²) in [7, 11) is 0. The van der Waals surface area contributed by atoms with Crippen molar-refractivity contribution in [2.45, 2.75) is 10.8 Å². The van der Waals surface area contributed by atoms with E-state index in [4.69, 9.17) is 27.7 Å². The van der Waals surface area contributed by atoms with E-state index in [0.29, 0.717) is 37.7 Å². The van der Waals surface area contributed by atoms with Crippen molar-refractivity contribution in [1.82, 2.24) is 5.16 Å². The molecule has 0 fully saturated rings. The zero-order valence-corrected chi connectivity index (χ0v) is 14.4. The van der Waals surface area contributed by atoms with Gasteiger partial charge in [0.1, 0.15) is 17.4 Å². The van der Waals surface area contributed by atoms with Crippen LogP contribution in [0.5, 0.6) is 0 Å². The third-order valence-corrected chi connectivity index (χ3v) is 5.02. The summed E-state index contributed by atoms with van der Waals surface area (Å²) < 4.78 is 19.0. The van der Waals surface area contributed by atoms with Gasteiger partial charge in [0.15, 0.2) is 10.8 Å². The van der Waals surface area contributed by atoms with Gasteiger partial charge in [-0.15, -0.1) is 0 Å².